The zero-order valence-corrected chi connectivity index (χ0v) is 16.6. The van der Waals surface area contributed by atoms with Gasteiger partial charge in [-0.25, -0.2) is 4.68 Å². The smallest absolute Gasteiger partial charge is 0.303 e. The molecule has 3 rings (SSSR count). The summed E-state index contributed by atoms with van der Waals surface area (Å²) in [6.45, 7) is 6.55. The fraction of sp³-hybridized carbons (Fsp3) is 0.476. The van der Waals surface area contributed by atoms with E-state index in [0.29, 0.717) is 12.0 Å². The van der Waals surface area contributed by atoms with E-state index < -0.39 is 5.97 Å². The van der Waals surface area contributed by atoms with Crippen LogP contribution < -0.4 is 5.32 Å². The number of aryl methyl sites for hydroxylation is 1. The Morgan fingerprint density at radius 1 is 1.32 bits per heavy atom. The molecular weight excluding hydrogens is 358 g/mol. The highest BCUT2D eigenvalue weighted by molar-refractivity contribution is 5.94. The van der Waals surface area contributed by atoms with E-state index in [1.807, 2.05) is 32.9 Å². The van der Waals surface area contributed by atoms with Crippen molar-refractivity contribution in [3.8, 4) is 5.69 Å². The van der Waals surface area contributed by atoms with Crippen molar-refractivity contribution in [2.75, 3.05) is 6.61 Å². The minimum atomic E-state index is -0.820. The highest BCUT2D eigenvalue weighted by atomic mass is 16.5. The molecule has 1 amide bonds. The molecule has 1 aliphatic rings. The van der Waals surface area contributed by atoms with E-state index in [1.54, 1.807) is 16.8 Å². The Bertz CT molecular complexity index is 851. The van der Waals surface area contributed by atoms with E-state index in [2.05, 4.69) is 10.4 Å². The maximum absolute atomic E-state index is 12.5. The van der Waals surface area contributed by atoms with Crippen LogP contribution >= 0.6 is 0 Å². The van der Waals surface area contributed by atoms with Gasteiger partial charge in [-0.2, -0.15) is 5.10 Å². The normalized spacial score (nSPS) is 17.5. The zero-order valence-electron chi connectivity index (χ0n) is 16.6. The molecule has 28 heavy (non-hydrogen) atoms. The molecule has 1 aromatic heterocycles. The molecule has 7 heteroatoms. The van der Waals surface area contributed by atoms with E-state index in [9.17, 15) is 9.59 Å². The molecule has 1 aliphatic heterocycles. The Morgan fingerprint density at radius 3 is 2.64 bits per heavy atom. The van der Waals surface area contributed by atoms with Gasteiger partial charge in [0.2, 0.25) is 0 Å². The van der Waals surface area contributed by atoms with Crippen LogP contribution in [0.15, 0.2) is 24.3 Å². The number of benzene rings is 1. The van der Waals surface area contributed by atoms with Crippen LogP contribution in [0, 0.1) is 13.8 Å². The van der Waals surface area contributed by atoms with Gasteiger partial charge < -0.3 is 15.2 Å². The first kappa shape index (κ1) is 20.1. The van der Waals surface area contributed by atoms with Gasteiger partial charge in [-0.15, -0.1) is 0 Å². The fourth-order valence-corrected chi connectivity index (χ4v) is 3.65. The lowest BCUT2D eigenvalue weighted by atomic mass is 10.1. The van der Waals surface area contributed by atoms with Crippen LogP contribution in [0.4, 0.5) is 0 Å². The summed E-state index contributed by atoms with van der Waals surface area (Å²) in [4.78, 5) is 23.3. The maximum Gasteiger partial charge on any atom is 0.303 e. The van der Waals surface area contributed by atoms with Crippen molar-refractivity contribution < 1.29 is 19.4 Å². The minimum Gasteiger partial charge on any atom is -0.481 e. The van der Waals surface area contributed by atoms with Crippen LogP contribution in [-0.2, 0) is 16.0 Å². The van der Waals surface area contributed by atoms with Crippen LogP contribution in [0.3, 0.4) is 0 Å². The Labute approximate surface area is 164 Å². The minimum absolute atomic E-state index is 0.0255. The topological polar surface area (TPSA) is 93.5 Å². The second-order valence-corrected chi connectivity index (χ2v) is 7.32. The van der Waals surface area contributed by atoms with Crippen molar-refractivity contribution in [3.63, 3.8) is 0 Å². The number of carboxylic acids is 1. The number of amides is 1. The number of carbonyl (C=O) groups is 2. The summed E-state index contributed by atoms with van der Waals surface area (Å²) in [5.74, 6) is -0.941. The van der Waals surface area contributed by atoms with E-state index in [4.69, 9.17) is 9.84 Å². The molecule has 1 fully saturated rings. The standard InChI is InChI=1S/C21H27N3O4/c1-13-18(10-11-20(25)26)15(3)24(23-13)17-8-6-16(7-9-17)21(27)22-14(2)19-5-4-12-28-19/h6-9,14,19H,4-5,10-12H2,1-3H3,(H,22,27)(H,25,26)/t14-,19+/m0/s1. The maximum atomic E-state index is 12.5. The molecular formula is C21H27N3O4. The van der Waals surface area contributed by atoms with Crippen molar-refractivity contribution in [2.45, 2.75) is 58.6 Å². The molecule has 2 heterocycles. The number of nitrogens with one attached hydrogen (secondary N) is 1. The number of carboxylic acid groups (broad SMARTS) is 1. The molecule has 1 aromatic carbocycles. The van der Waals surface area contributed by atoms with Crippen LogP contribution in [0.2, 0.25) is 0 Å². The highest BCUT2D eigenvalue weighted by Gasteiger charge is 2.24. The third kappa shape index (κ3) is 4.42. The predicted octanol–water partition coefficient (Wildman–Crippen LogP) is 2.80. The van der Waals surface area contributed by atoms with Crippen molar-refractivity contribution in [3.05, 3.63) is 46.8 Å². The first-order valence-corrected chi connectivity index (χ1v) is 9.66. The number of aromatic nitrogens is 2. The van der Waals surface area contributed by atoms with Crippen LogP contribution in [0.1, 0.15) is 53.5 Å². The average Bonchev–Trinajstić information content (AvgIpc) is 3.29. The van der Waals surface area contributed by atoms with Crippen molar-refractivity contribution in [1.82, 2.24) is 15.1 Å². The Hall–Kier alpha value is -2.67. The molecule has 7 nitrogen and oxygen atoms in total. The second-order valence-electron chi connectivity index (χ2n) is 7.32. The quantitative estimate of drug-likeness (QED) is 0.764. The summed E-state index contributed by atoms with van der Waals surface area (Å²) in [6.07, 6.45) is 2.63. The lowest BCUT2D eigenvalue weighted by molar-refractivity contribution is -0.136. The predicted molar refractivity (Wildman–Crippen MR) is 105 cm³/mol. The van der Waals surface area contributed by atoms with Crippen LogP contribution in [0.5, 0.6) is 0 Å². The average molecular weight is 385 g/mol. The zero-order chi connectivity index (χ0) is 20.3. The number of ether oxygens (including phenoxy) is 1. The number of carbonyl (C=O) groups excluding carboxylic acids is 1. The summed E-state index contributed by atoms with van der Waals surface area (Å²) in [7, 11) is 0. The van der Waals surface area contributed by atoms with Gasteiger partial charge in [-0.1, -0.05) is 0 Å². The number of aliphatic carboxylic acids is 1. The van der Waals surface area contributed by atoms with E-state index >= 15 is 0 Å². The van der Waals surface area contributed by atoms with Gasteiger partial charge in [0.25, 0.3) is 5.91 Å². The third-order valence-corrected chi connectivity index (χ3v) is 5.29. The van der Waals surface area contributed by atoms with Gasteiger partial charge >= 0.3 is 5.97 Å². The van der Waals surface area contributed by atoms with Gasteiger partial charge in [0.1, 0.15) is 0 Å². The van der Waals surface area contributed by atoms with Crippen LogP contribution in [0.25, 0.3) is 5.69 Å². The third-order valence-electron chi connectivity index (χ3n) is 5.29. The SMILES string of the molecule is Cc1nn(-c2ccc(C(=O)N[C@@H](C)[C@H]3CCCO3)cc2)c(C)c1CCC(=O)O. The van der Waals surface area contributed by atoms with Crippen molar-refractivity contribution in [2.24, 2.45) is 0 Å². The Kier molecular flexibility index (Phi) is 6.14. The van der Waals surface area contributed by atoms with E-state index in [1.165, 1.54) is 0 Å². The molecule has 2 aromatic rings. The van der Waals surface area contributed by atoms with Gasteiger partial charge in [0, 0.05) is 24.3 Å². The number of hydrogen-bond acceptors (Lipinski definition) is 4. The van der Waals surface area contributed by atoms with E-state index in [-0.39, 0.29) is 24.5 Å². The molecule has 0 radical (unpaired) electrons. The summed E-state index contributed by atoms with van der Waals surface area (Å²) in [5, 5.41) is 16.5. The number of hydrogen-bond donors (Lipinski definition) is 2. The van der Waals surface area contributed by atoms with Gasteiger partial charge in [0.15, 0.2) is 0 Å². The molecule has 0 unspecified atom stereocenters. The molecule has 2 N–H and O–H groups in total. The molecule has 0 aliphatic carbocycles. The van der Waals surface area contributed by atoms with Crippen LogP contribution in [-0.4, -0.2) is 45.5 Å². The molecule has 0 spiro atoms. The second kappa shape index (κ2) is 8.56. The molecule has 150 valence electrons. The van der Waals surface area contributed by atoms with Crippen molar-refractivity contribution in [1.29, 1.82) is 0 Å². The number of rotatable bonds is 7. The van der Waals surface area contributed by atoms with Gasteiger partial charge in [0.05, 0.1) is 23.5 Å². The summed E-state index contributed by atoms with van der Waals surface area (Å²) >= 11 is 0. The number of nitrogens with zero attached hydrogens (tertiary/aromatic N) is 2. The Morgan fingerprint density at radius 2 is 2.04 bits per heavy atom. The largest absolute Gasteiger partial charge is 0.481 e. The lowest BCUT2D eigenvalue weighted by Gasteiger charge is -2.20. The fourth-order valence-electron chi connectivity index (χ4n) is 3.65. The molecule has 1 saturated heterocycles. The van der Waals surface area contributed by atoms with E-state index in [0.717, 1.165) is 42.1 Å². The highest BCUT2D eigenvalue weighted by Crippen LogP contribution is 2.20. The Balaban J connectivity index is 1.71. The van der Waals surface area contributed by atoms with Gasteiger partial charge in [-0.3, -0.25) is 9.59 Å². The van der Waals surface area contributed by atoms with Gasteiger partial charge in [-0.05, 0) is 69.9 Å². The molecule has 2 atom stereocenters. The summed E-state index contributed by atoms with van der Waals surface area (Å²) in [5.41, 5.74) is 4.12. The molecule has 0 bridgehead atoms. The molecule has 0 saturated carbocycles. The van der Waals surface area contributed by atoms with Crippen molar-refractivity contribution >= 4 is 11.9 Å². The lowest BCUT2D eigenvalue weighted by Crippen LogP contribution is -2.40. The summed E-state index contributed by atoms with van der Waals surface area (Å²) < 4.78 is 7.42. The first-order valence-electron chi connectivity index (χ1n) is 9.66. The summed E-state index contributed by atoms with van der Waals surface area (Å²) in [6, 6.07) is 7.24. The first-order chi connectivity index (χ1) is 13.4. The monoisotopic (exact) mass is 385 g/mol.